The Kier molecular flexibility index (Phi) is 6.01. The van der Waals surface area contributed by atoms with Gasteiger partial charge in [-0.3, -0.25) is 14.4 Å². The molecule has 1 aliphatic carbocycles. The van der Waals surface area contributed by atoms with Crippen molar-refractivity contribution in [3.05, 3.63) is 35.4 Å². The maximum Gasteiger partial charge on any atom is 0.252 e. The van der Waals surface area contributed by atoms with Crippen LogP contribution in [0.4, 0.5) is 0 Å². The number of ketones is 1. The van der Waals surface area contributed by atoms with Gasteiger partial charge >= 0.3 is 0 Å². The van der Waals surface area contributed by atoms with Crippen molar-refractivity contribution in [1.82, 2.24) is 15.1 Å². The number of rotatable bonds is 4. The molecule has 5 rings (SSSR count). The van der Waals surface area contributed by atoms with E-state index in [1.54, 1.807) is 0 Å². The normalized spacial score (nSPS) is 29.9. The molecule has 8 heteroatoms. The van der Waals surface area contributed by atoms with Crippen molar-refractivity contribution >= 4 is 17.6 Å². The molecule has 4 fully saturated rings. The van der Waals surface area contributed by atoms with Gasteiger partial charge in [0.05, 0.1) is 6.54 Å². The number of hydrogen-bond acceptors (Lipinski definition) is 6. The van der Waals surface area contributed by atoms with Gasteiger partial charge in [0.25, 0.3) is 5.91 Å². The minimum atomic E-state index is -1.04. The van der Waals surface area contributed by atoms with Crippen LogP contribution < -0.4 is 5.32 Å². The van der Waals surface area contributed by atoms with Crippen molar-refractivity contribution in [2.75, 3.05) is 33.3 Å². The first kappa shape index (κ1) is 22.5. The number of nitrogens with one attached hydrogen (secondary N) is 1. The molecule has 3 saturated heterocycles. The Morgan fingerprint density at radius 3 is 2.45 bits per heavy atom. The van der Waals surface area contributed by atoms with E-state index in [-0.39, 0.29) is 30.7 Å². The van der Waals surface area contributed by atoms with E-state index in [2.05, 4.69) is 17.3 Å². The Hall–Kier alpha value is -2.29. The first-order valence-electron chi connectivity index (χ1n) is 12.1. The molecule has 8 nitrogen and oxygen atoms in total. The minimum Gasteiger partial charge on any atom is -0.388 e. The second-order valence-corrected chi connectivity index (χ2v) is 10.2. The summed E-state index contributed by atoms with van der Waals surface area (Å²) in [5, 5.41) is 13.3. The maximum absolute atomic E-state index is 13.6. The predicted molar refractivity (Wildman–Crippen MR) is 121 cm³/mol. The highest BCUT2D eigenvalue weighted by Gasteiger charge is 2.56. The number of carbonyl (C=O) groups excluding carboxylic acids is 3. The van der Waals surface area contributed by atoms with Crippen LogP contribution in [0.2, 0.25) is 0 Å². The van der Waals surface area contributed by atoms with E-state index in [1.807, 2.05) is 24.3 Å². The second kappa shape index (κ2) is 8.81. The lowest BCUT2D eigenvalue weighted by Crippen LogP contribution is -2.60. The molecule has 178 valence electrons. The lowest BCUT2D eigenvalue weighted by molar-refractivity contribution is -0.142. The highest BCUT2D eigenvalue weighted by Crippen LogP contribution is 2.36. The molecule has 3 aliphatic heterocycles. The molecule has 1 aromatic carbocycles. The standard InChI is InChI=1S/C25H33N3O5/c1-27-12-8-17(9-13-27)16-4-6-18(7-5-16)23(31)26-25(10-2-3-11-25)24(32)28-14-19(29)22-21(28)20(30)15-33-22/h4-7,17,19,21-22,29H,2-3,8-15H2,1H3,(H,26,31)/t19-,21-,22-/m1/s1. The summed E-state index contributed by atoms with van der Waals surface area (Å²) in [5.74, 6) is -0.220. The van der Waals surface area contributed by atoms with Gasteiger partial charge in [-0.2, -0.15) is 0 Å². The Morgan fingerprint density at radius 1 is 1.12 bits per heavy atom. The van der Waals surface area contributed by atoms with Gasteiger partial charge in [-0.1, -0.05) is 25.0 Å². The number of fused-ring (bicyclic) bond motifs is 1. The van der Waals surface area contributed by atoms with E-state index in [0.717, 1.165) is 38.8 Å². The molecule has 1 aromatic rings. The molecule has 0 radical (unpaired) electrons. The van der Waals surface area contributed by atoms with Crippen LogP contribution in [0.5, 0.6) is 0 Å². The monoisotopic (exact) mass is 455 g/mol. The summed E-state index contributed by atoms with van der Waals surface area (Å²) in [5.41, 5.74) is 0.745. The second-order valence-electron chi connectivity index (χ2n) is 10.2. The van der Waals surface area contributed by atoms with Crippen LogP contribution in [0.15, 0.2) is 24.3 Å². The smallest absolute Gasteiger partial charge is 0.252 e. The fourth-order valence-corrected chi connectivity index (χ4v) is 6.02. The number of ether oxygens (including phenoxy) is 1. The van der Waals surface area contributed by atoms with Gasteiger partial charge in [-0.15, -0.1) is 0 Å². The first-order valence-corrected chi connectivity index (χ1v) is 12.1. The molecule has 0 unspecified atom stereocenters. The van der Waals surface area contributed by atoms with Crippen molar-refractivity contribution in [3.8, 4) is 0 Å². The average molecular weight is 456 g/mol. The van der Waals surface area contributed by atoms with Gasteiger partial charge < -0.3 is 25.0 Å². The minimum absolute atomic E-state index is 0.0583. The van der Waals surface area contributed by atoms with E-state index in [0.29, 0.717) is 24.3 Å². The summed E-state index contributed by atoms with van der Waals surface area (Å²) >= 11 is 0. The maximum atomic E-state index is 13.6. The zero-order valence-corrected chi connectivity index (χ0v) is 19.2. The lowest BCUT2D eigenvalue weighted by atomic mass is 9.89. The topological polar surface area (TPSA) is 99.2 Å². The molecule has 4 aliphatic rings. The zero-order valence-electron chi connectivity index (χ0n) is 19.2. The molecule has 0 bridgehead atoms. The van der Waals surface area contributed by atoms with Gasteiger partial charge in [0.15, 0.2) is 5.78 Å². The quantitative estimate of drug-likeness (QED) is 0.705. The third kappa shape index (κ3) is 4.09. The Balaban J connectivity index is 1.30. The number of likely N-dealkylation sites (tertiary alicyclic amines) is 2. The average Bonchev–Trinajstić information content (AvgIpc) is 3.53. The molecule has 1 saturated carbocycles. The van der Waals surface area contributed by atoms with E-state index in [9.17, 15) is 19.5 Å². The van der Waals surface area contributed by atoms with Gasteiger partial charge in [0, 0.05) is 5.56 Å². The van der Waals surface area contributed by atoms with Crippen molar-refractivity contribution in [2.24, 2.45) is 0 Å². The molecular formula is C25H33N3O5. The third-order valence-electron chi connectivity index (χ3n) is 8.00. The fraction of sp³-hybridized carbons (Fsp3) is 0.640. The van der Waals surface area contributed by atoms with Gasteiger partial charge in [0.2, 0.25) is 5.91 Å². The molecule has 0 spiro atoms. The van der Waals surface area contributed by atoms with Gasteiger partial charge in [-0.05, 0) is 69.4 Å². The molecule has 0 aromatic heterocycles. The van der Waals surface area contributed by atoms with E-state index in [1.165, 1.54) is 10.5 Å². The zero-order chi connectivity index (χ0) is 23.2. The van der Waals surface area contributed by atoms with Gasteiger partial charge in [0.1, 0.15) is 30.4 Å². The SMILES string of the molecule is CN1CCC(c2ccc(C(=O)NC3(C(=O)N4C[C@@H](O)[C@H]5OCC(=O)[C@H]54)CCCC3)cc2)CC1. The number of Topliss-reactive ketones (excluding diaryl/α,β-unsaturated/α-hetero) is 1. The van der Waals surface area contributed by atoms with Crippen LogP contribution in [0.1, 0.15) is 60.4 Å². The van der Waals surface area contributed by atoms with Crippen molar-refractivity contribution in [3.63, 3.8) is 0 Å². The largest absolute Gasteiger partial charge is 0.388 e. The first-order chi connectivity index (χ1) is 15.9. The summed E-state index contributed by atoms with van der Waals surface area (Å²) in [7, 11) is 2.14. The van der Waals surface area contributed by atoms with E-state index < -0.39 is 23.8 Å². The van der Waals surface area contributed by atoms with Crippen LogP contribution in [-0.2, 0) is 14.3 Å². The van der Waals surface area contributed by atoms with Crippen LogP contribution in [0, 0.1) is 0 Å². The van der Waals surface area contributed by atoms with Gasteiger partial charge in [-0.25, -0.2) is 0 Å². The van der Waals surface area contributed by atoms with Crippen LogP contribution in [0.25, 0.3) is 0 Å². The number of aliphatic hydroxyl groups is 1. The molecule has 33 heavy (non-hydrogen) atoms. The number of hydrogen-bond donors (Lipinski definition) is 2. The molecular weight excluding hydrogens is 422 g/mol. The van der Waals surface area contributed by atoms with E-state index in [4.69, 9.17) is 4.74 Å². The van der Waals surface area contributed by atoms with Crippen molar-refractivity contribution in [1.29, 1.82) is 0 Å². The summed E-state index contributed by atoms with van der Waals surface area (Å²) in [6, 6.07) is 7.00. The highest BCUT2D eigenvalue weighted by atomic mass is 16.5. The Labute approximate surface area is 194 Å². The van der Waals surface area contributed by atoms with Crippen LogP contribution in [0.3, 0.4) is 0 Å². The third-order valence-corrected chi connectivity index (χ3v) is 8.00. The number of aliphatic hydroxyl groups excluding tert-OH is 1. The molecule has 2 amide bonds. The predicted octanol–water partition coefficient (Wildman–Crippen LogP) is 1.08. The molecule has 3 atom stereocenters. The lowest BCUT2D eigenvalue weighted by Gasteiger charge is -2.35. The Morgan fingerprint density at radius 2 is 1.79 bits per heavy atom. The van der Waals surface area contributed by atoms with Crippen LogP contribution >= 0.6 is 0 Å². The van der Waals surface area contributed by atoms with Crippen molar-refractivity contribution < 1.29 is 24.2 Å². The Bertz CT molecular complexity index is 918. The number of β-amino-alcohol motifs (C(OH)–C–C–N with tert-alkyl or cyclic N) is 1. The molecule has 2 N–H and O–H groups in total. The molecule has 3 heterocycles. The summed E-state index contributed by atoms with van der Waals surface area (Å²) in [6.45, 7) is 2.14. The highest BCUT2D eigenvalue weighted by molar-refractivity contribution is 6.01. The summed E-state index contributed by atoms with van der Waals surface area (Å²) in [6.07, 6.45) is 3.41. The summed E-state index contributed by atoms with van der Waals surface area (Å²) < 4.78 is 5.41. The number of carbonyl (C=O) groups is 3. The fourth-order valence-electron chi connectivity index (χ4n) is 6.02. The number of nitrogens with zero attached hydrogens (tertiary/aromatic N) is 2. The van der Waals surface area contributed by atoms with Crippen LogP contribution in [-0.4, -0.2) is 89.6 Å². The van der Waals surface area contributed by atoms with Crippen molar-refractivity contribution in [2.45, 2.75) is 68.2 Å². The number of benzene rings is 1. The van der Waals surface area contributed by atoms with E-state index >= 15 is 0 Å². The summed E-state index contributed by atoms with van der Waals surface area (Å²) in [4.78, 5) is 42.9. The number of piperidine rings is 1. The number of amides is 2.